The van der Waals surface area contributed by atoms with Crippen molar-refractivity contribution < 1.29 is 85.0 Å². The Morgan fingerprint density at radius 1 is 0.515 bits per heavy atom. The molecule has 14 atom stereocenters. The molecule has 7 fully saturated rings. The number of Topliss-reactive ketones (excluding diaryl/α,β-unsaturated/α-hetero) is 4. The summed E-state index contributed by atoms with van der Waals surface area (Å²) in [5.41, 5.74) is -2.32. The summed E-state index contributed by atoms with van der Waals surface area (Å²) in [5, 5.41) is 19.3. The van der Waals surface area contributed by atoms with Gasteiger partial charge >= 0.3 is 12.1 Å². The van der Waals surface area contributed by atoms with E-state index in [2.05, 4.69) is 46.7 Å². The van der Waals surface area contributed by atoms with Crippen LogP contribution in [0.4, 0.5) is 4.79 Å². The predicted molar refractivity (Wildman–Crippen MR) is 382 cm³/mol. The molecule has 29 heteroatoms. The van der Waals surface area contributed by atoms with Crippen LogP contribution in [-0.2, 0) is 81.8 Å². The van der Waals surface area contributed by atoms with E-state index < -0.39 is 163 Å². The number of nitrogens with one attached hydrogen (secondary N) is 8. The van der Waals surface area contributed by atoms with Crippen molar-refractivity contribution in [1.82, 2.24) is 51.7 Å². The molecular formula is C74H120N10O18S. The van der Waals surface area contributed by atoms with Gasteiger partial charge in [0.2, 0.25) is 57.0 Å². The number of likely N-dealkylation sites (tertiary alicyclic amines) is 2. The molecule has 7 aliphatic rings. The molecule has 5 aliphatic carbocycles. The van der Waals surface area contributed by atoms with E-state index in [1.165, 1.54) is 14.0 Å². The van der Waals surface area contributed by atoms with Crippen molar-refractivity contribution in [2.75, 3.05) is 40.1 Å². The number of nitrogens with zero attached hydrogens (tertiary/aromatic N) is 2. The van der Waals surface area contributed by atoms with Crippen LogP contribution in [0.5, 0.6) is 0 Å². The lowest BCUT2D eigenvalue weighted by molar-refractivity contribution is -0.148. The third kappa shape index (κ3) is 24.1. The minimum Gasteiger partial charge on any atom is -0.469 e. The SMILES string of the molecule is CCC[C@H](NC(=O)[C@@H]1[C@H]2CCC[C@H]2CN1C(=O)[C@@H](CC(=O)[C@@H](NC(=O)[C@H](CNC(=O)OC)CC(=O)OC)C(C)(C)C)C(C)(C)C)C(=O)C(=O)NC1CC1.CCC[C@H](NC(=O)[C@@H]1[C@H]2CCC[C@H]2CN1C(=O)[C@@H](NC(=O)[C@@H](CC(=O)[C@@H](C)NS(C)(=O)=O)C1CCCCC1)C(C)(C)C)C(=O)C(=O)NC1CC1. The van der Waals surface area contributed by atoms with Gasteiger partial charge in [-0.1, -0.05) is 121 Å². The highest BCUT2D eigenvalue weighted by molar-refractivity contribution is 7.88. The van der Waals surface area contributed by atoms with Crippen LogP contribution in [0.25, 0.3) is 0 Å². The third-order valence-corrected chi connectivity index (χ3v) is 22.5. The molecule has 2 aliphatic heterocycles. The van der Waals surface area contributed by atoms with Crippen LogP contribution in [0.15, 0.2) is 0 Å². The maximum Gasteiger partial charge on any atom is 0.406 e. The second-order valence-corrected chi connectivity index (χ2v) is 35.1. The van der Waals surface area contributed by atoms with Gasteiger partial charge in [0, 0.05) is 56.4 Å². The van der Waals surface area contributed by atoms with Gasteiger partial charge in [-0.2, -0.15) is 0 Å². The Morgan fingerprint density at radius 3 is 1.40 bits per heavy atom. The Labute approximate surface area is 609 Å². The molecule has 0 bridgehead atoms. The molecular weight excluding hydrogens is 1350 g/mol. The van der Waals surface area contributed by atoms with Crippen molar-refractivity contribution in [2.45, 2.75) is 279 Å². The van der Waals surface area contributed by atoms with Gasteiger partial charge in [-0.3, -0.25) is 62.3 Å². The molecule has 103 heavy (non-hydrogen) atoms. The van der Waals surface area contributed by atoms with Gasteiger partial charge in [0.05, 0.1) is 57.0 Å². The van der Waals surface area contributed by atoms with Crippen molar-refractivity contribution in [1.29, 1.82) is 0 Å². The second-order valence-electron chi connectivity index (χ2n) is 33.3. The fourth-order valence-corrected chi connectivity index (χ4v) is 16.4. The standard InChI is InChI=1S/C38H61N5O10.C36H59N5O8S/c1-10-12-26(30(46)34(49)40-23-15-16-23)41-33(48)29-24-14-11-13-21(24)20-43(29)35(50)25(37(2,3)4)18-27(44)31(38(5,6)7)42-32(47)22(17-28(45)52-8)19-39-36(51)53-9;1-7-12-27(30(43)34(46)37-24-17-18-24)38-33(45)29-25-16-11-15-23(25)20-41(29)35(47)31(36(3,4)5)39-32(44)26(22-13-9-8-10-14-22)19-28(42)21(2)40-50(6,48)49/h21-26,29,31H,10-20H2,1-9H3,(H,39,51)(H,40,49)(H,41,48)(H,42,47);21-27,29,31,40H,7-20H2,1-6H3,(H,37,46)(H,38,45)(H,39,44)/t21-,22-,24-,25+,26-,29-,31+;21-,23+,25+,26+,27+,29+,31-/m01/s1. The number of methoxy groups -OCH3 is 2. The summed E-state index contributed by atoms with van der Waals surface area (Å²) in [6.07, 6.45) is 13.8. The lowest BCUT2D eigenvalue weighted by atomic mass is 9.73. The number of esters is 1. The molecule has 5 saturated carbocycles. The maximum atomic E-state index is 14.7. The van der Waals surface area contributed by atoms with Crippen LogP contribution in [0.1, 0.15) is 224 Å². The van der Waals surface area contributed by atoms with Gasteiger partial charge in [-0.15, -0.1) is 0 Å². The van der Waals surface area contributed by atoms with E-state index in [0.717, 1.165) is 110 Å². The van der Waals surface area contributed by atoms with Gasteiger partial charge in [0.25, 0.3) is 11.8 Å². The van der Waals surface area contributed by atoms with Gasteiger partial charge in [0.1, 0.15) is 18.1 Å². The summed E-state index contributed by atoms with van der Waals surface area (Å²) in [4.78, 5) is 191. The highest BCUT2D eigenvalue weighted by Gasteiger charge is 2.55. The lowest BCUT2D eigenvalue weighted by Gasteiger charge is -2.38. The van der Waals surface area contributed by atoms with Crippen LogP contribution in [-0.4, -0.2) is 195 Å². The first kappa shape index (κ1) is 85.0. The Kier molecular flexibility index (Phi) is 30.4. The van der Waals surface area contributed by atoms with Crippen LogP contribution in [0.3, 0.4) is 0 Å². The number of hydrogen-bond donors (Lipinski definition) is 8. The minimum absolute atomic E-state index is 0.000420. The van der Waals surface area contributed by atoms with E-state index in [4.69, 9.17) is 4.74 Å². The fourth-order valence-electron chi connectivity index (χ4n) is 15.6. The van der Waals surface area contributed by atoms with Gasteiger partial charge < -0.3 is 56.5 Å². The molecule has 9 amide bonds. The predicted octanol–water partition coefficient (Wildman–Crippen LogP) is 4.80. The molecule has 2 heterocycles. The van der Waals surface area contributed by atoms with Crippen LogP contribution >= 0.6 is 0 Å². The Bertz CT molecular complexity index is 3220. The molecule has 0 aromatic rings. The van der Waals surface area contributed by atoms with E-state index in [1.54, 1.807) is 30.6 Å². The molecule has 2 saturated heterocycles. The molecule has 580 valence electrons. The van der Waals surface area contributed by atoms with Crippen molar-refractivity contribution in [3.05, 3.63) is 0 Å². The molecule has 7 rings (SSSR count). The van der Waals surface area contributed by atoms with E-state index in [-0.39, 0.29) is 86.2 Å². The van der Waals surface area contributed by atoms with Gasteiger partial charge in [-0.25, -0.2) is 17.9 Å². The van der Waals surface area contributed by atoms with Crippen molar-refractivity contribution in [2.24, 2.45) is 63.6 Å². The first-order valence-corrected chi connectivity index (χ1v) is 39.5. The lowest BCUT2D eigenvalue weighted by Crippen LogP contribution is -2.60. The van der Waals surface area contributed by atoms with E-state index in [1.807, 2.05) is 55.4 Å². The number of amides is 9. The number of sulfonamides is 1. The summed E-state index contributed by atoms with van der Waals surface area (Å²) >= 11 is 0. The summed E-state index contributed by atoms with van der Waals surface area (Å²) < 4.78 is 35.3. The fraction of sp³-hybridized carbons (Fsp3) is 0.811. The second kappa shape index (κ2) is 36.9. The molecule has 0 aromatic carbocycles. The number of alkyl carbamates (subject to hydrolysis) is 1. The topological polar surface area (TPSA) is 394 Å². The molecule has 28 nitrogen and oxygen atoms in total. The maximum absolute atomic E-state index is 14.7. The average molecular weight is 1470 g/mol. The smallest absolute Gasteiger partial charge is 0.406 e. The first-order chi connectivity index (χ1) is 48.1. The quantitative estimate of drug-likeness (QED) is 0.0323. The largest absolute Gasteiger partial charge is 0.469 e. The Hall–Kier alpha value is -6.91. The summed E-state index contributed by atoms with van der Waals surface area (Å²) in [7, 11) is -1.30. The molecule has 8 N–H and O–H groups in total. The molecule has 0 aromatic heterocycles. The number of carbonyl (C=O) groups excluding carboxylic acids is 14. The zero-order chi connectivity index (χ0) is 76.8. The summed E-state index contributed by atoms with van der Waals surface area (Å²) in [6.45, 7) is 22.0. The number of ether oxygens (including phenoxy) is 2. The van der Waals surface area contributed by atoms with Crippen LogP contribution in [0.2, 0.25) is 0 Å². The first-order valence-electron chi connectivity index (χ1n) is 37.6. The molecule has 0 unspecified atom stereocenters. The average Bonchev–Trinajstić information content (AvgIpc) is 1.62. The highest BCUT2D eigenvalue weighted by atomic mass is 32.2. The normalized spacial score (nSPS) is 23.5. The van der Waals surface area contributed by atoms with Gasteiger partial charge in [-0.05, 0) is 130 Å². The Balaban J connectivity index is 0.000000324. The van der Waals surface area contributed by atoms with Crippen molar-refractivity contribution in [3.63, 3.8) is 0 Å². The third-order valence-electron chi connectivity index (χ3n) is 21.7. The van der Waals surface area contributed by atoms with Crippen molar-refractivity contribution in [3.8, 4) is 0 Å². The monoisotopic (exact) mass is 1470 g/mol. The van der Waals surface area contributed by atoms with Crippen LogP contribution < -0.4 is 41.9 Å². The van der Waals surface area contributed by atoms with Crippen LogP contribution in [0, 0.1) is 63.6 Å². The molecule has 0 radical (unpaired) electrons. The summed E-state index contributed by atoms with van der Waals surface area (Å²) in [5.74, 6) is -9.94. The van der Waals surface area contributed by atoms with E-state index >= 15 is 0 Å². The minimum atomic E-state index is -3.64. The van der Waals surface area contributed by atoms with Crippen molar-refractivity contribution >= 4 is 92.5 Å². The number of hydrogen-bond acceptors (Lipinski definition) is 18. The Morgan fingerprint density at radius 2 is 0.981 bits per heavy atom. The number of ketones is 4. The van der Waals surface area contributed by atoms with Gasteiger partial charge in [0.15, 0.2) is 11.6 Å². The van der Waals surface area contributed by atoms with E-state index in [9.17, 15) is 75.5 Å². The summed E-state index contributed by atoms with van der Waals surface area (Å²) in [6, 6.07) is -6.86. The number of carbonyl (C=O) groups is 14. The van der Waals surface area contributed by atoms with E-state index in [0.29, 0.717) is 25.9 Å². The zero-order valence-electron chi connectivity index (χ0n) is 63.6. The molecule has 0 spiro atoms. The number of fused-ring (bicyclic) bond motifs is 2. The zero-order valence-corrected chi connectivity index (χ0v) is 64.5. The highest BCUT2D eigenvalue weighted by Crippen LogP contribution is 2.46. The number of rotatable bonds is 33.